The molecule has 0 radical (unpaired) electrons. The number of carboxylic acids is 1. The molecule has 5 heteroatoms. The van der Waals surface area contributed by atoms with Gasteiger partial charge in [0.15, 0.2) is 0 Å². The molecular weight excluding hydrogens is 282 g/mol. The fourth-order valence-electron chi connectivity index (χ4n) is 2.30. The Hall–Kier alpha value is -3.08. The smallest absolute Gasteiger partial charge is 0.336 e. The second kappa shape index (κ2) is 5.73. The van der Waals surface area contributed by atoms with Crippen molar-refractivity contribution in [1.29, 1.82) is 0 Å². The van der Waals surface area contributed by atoms with Gasteiger partial charge in [-0.05, 0) is 29.8 Å². The standard InChI is InChI=1S/C17H13NO4/c19-16(20)8-11-9-17(21)22-15-10-13(6-7-14(11)15)18-12-4-2-1-3-5-12/h1-7,9-10,18H,8H2,(H,19,20). The van der Waals surface area contributed by atoms with Gasteiger partial charge in [-0.1, -0.05) is 18.2 Å². The molecule has 22 heavy (non-hydrogen) atoms. The first-order valence-electron chi connectivity index (χ1n) is 6.72. The molecule has 0 aliphatic rings. The highest BCUT2D eigenvalue weighted by molar-refractivity contribution is 5.87. The van der Waals surface area contributed by atoms with Crippen molar-refractivity contribution in [3.63, 3.8) is 0 Å². The lowest BCUT2D eigenvalue weighted by Gasteiger charge is -2.08. The van der Waals surface area contributed by atoms with Crippen molar-refractivity contribution in [3.8, 4) is 0 Å². The zero-order chi connectivity index (χ0) is 15.5. The van der Waals surface area contributed by atoms with Crippen LogP contribution >= 0.6 is 0 Å². The van der Waals surface area contributed by atoms with E-state index in [1.165, 1.54) is 6.07 Å². The Morgan fingerprint density at radius 1 is 1.05 bits per heavy atom. The third kappa shape index (κ3) is 2.98. The van der Waals surface area contributed by atoms with Gasteiger partial charge in [0.2, 0.25) is 0 Å². The summed E-state index contributed by atoms with van der Waals surface area (Å²) in [5.74, 6) is -0.988. The van der Waals surface area contributed by atoms with Crippen molar-refractivity contribution in [3.05, 3.63) is 70.6 Å². The van der Waals surface area contributed by atoms with Crippen LogP contribution in [0.3, 0.4) is 0 Å². The lowest BCUT2D eigenvalue weighted by Crippen LogP contribution is -2.06. The summed E-state index contributed by atoms with van der Waals surface area (Å²) in [5.41, 5.74) is 1.93. The summed E-state index contributed by atoms with van der Waals surface area (Å²) in [4.78, 5) is 22.5. The maximum atomic E-state index is 11.6. The Morgan fingerprint density at radius 2 is 1.82 bits per heavy atom. The molecule has 0 spiro atoms. The van der Waals surface area contributed by atoms with E-state index in [0.717, 1.165) is 11.4 Å². The number of carbonyl (C=O) groups is 1. The Labute approximate surface area is 125 Å². The molecule has 1 aromatic heterocycles. The molecule has 0 aliphatic heterocycles. The first-order chi connectivity index (χ1) is 10.6. The molecule has 0 bridgehead atoms. The summed E-state index contributed by atoms with van der Waals surface area (Å²) < 4.78 is 5.17. The van der Waals surface area contributed by atoms with Gasteiger partial charge in [-0.15, -0.1) is 0 Å². The fraction of sp³-hybridized carbons (Fsp3) is 0.0588. The van der Waals surface area contributed by atoms with Crippen LogP contribution in [0.2, 0.25) is 0 Å². The number of aliphatic carboxylic acids is 1. The number of nitrogens with one attached hydrogen (secondary N) is 1. The van der Waals surface area contributed by atoms with E-state index in [9.17, 15) is 9.59 Å². The third-order valence-electron chi connectivity index (χ3n) is 3.23. The van der Waals surface area contributed by atoms with E-state index in [4.69, 9.17) is 9.52 Å². The summed E-state index contributed by atoms with van der Waals surface area (Å²) in [6.45, 7) is 0. The Bertz CT molecular complexity index is 884. The summed E-state index contributed by atoms with van der Waals surface area (Å²) in [6.07, 6.45) is -0.215. The third-order valence-corrected chi connectivity index (χ3v) is 3.23. The number of carboxylic acid groups (broad SMARTS) is 1. The van der Waals surface area contributed by atoms with Gasteiger partial charge >= 0.3 is 11.6 Å². The van der Waals surface area contributed by atoms with Crippen molar-refractivity contribution >= 4 is 28.3 Å². The monoisotopic (exact) mass is 295 g/mol. The average molecular weight is 295 g/mol. The van der Waals surface area contributed by atoms with Crippen molar-refractivity contribution in [1.82, 2.24) is 0 Å². The van der Waals surface area contributed by atoms with Crippen molar-refractivity contribution < 1.29 is 14.3 Å². The van der Waals surface area contributed by atoms with Crippen LogP contribution in [0, 0.1) is 0 Å². The van der Waals surface area contributed by atoms with Gasteiger partial charge in [0.05, 0.1) is 6.42 Å². The minimum absolute atomic E-state index is 0.215. The number of benzene rings is 2. The van der Waals surface area contributed by atoms with E-state index in [1.807, 2.05) is 36.4 Å². The second-order valence-corrected chi connectivity index (χ2v) is 4.86. The van der Waals surface area contributed by atoms with E-state index in [1.54, 1.807) is 12.1 Å². The van der Waals surface area contributed by atoms with Crippen molar-refractivity contribution in [2.75, 3.05) is 5.32 Å². The SMILES string of the molecule is O=C(O)Cc1cc(=O)oc2cc(Nc3ccccc3)ccc12. The molecular formula is C17H13NO4. The maximum absolute atomic E-state index is 11.6. The van der Waals surface area contributed by atoms with Crippen LogP contribution in [0.1, 0.15) is 5.56 Å². The number of fused-ring (bicyclic) bond motifs is 1. The van der Waals surface area contributed by atoms with E-state index in [0.29, 0.717) is 16.5 Å². The van der Waals surface area contributed by atoms with Crippen molar-refractivity contribution in [2.45, 2.75) is 6.42 Å². The van der Waals surface area contributed by atoms with Gasteiger partial charge in [0, 0.05) is 28.9 Å². The molecule has 0 saturated heterocycles. The largest absolute Gasteiger partial charge is 0.481 e. The van der Waals surface area contributed by atoms with Crippen LogP contribution < -0.4 is 10.9 Å². The van der Waals surface area contributed by atoms with Gasteiger partial charge in [-0.3, -0.25) is 4.79 Å². The first kappa shape index (κ1) is 13.9. The molecule has 0 aliphatic carbocycles. The number of hydrogen-bond donors (Lipinski definition) is 2. The highest BCUT2D eigenvalue weighted by Crippen LogP contribution is 2.24. The fourth-order valence-corrected chi connectivity index (χ4v) is 2.30. The van der Waals surface area contributed by atoms with Crippen molar-refractivity contribution in [2.24, 2.45) is 0 Å². The van der Waals surface area contributed by atoms with Gasteiger partial charge in [0.1, 0.15) is 5.58 Å². The van der Waals surface area contributed by atoms with Crippen LogP contribution in [0.15, 0.2) is 63.8 Å². The molecule has 2 aromatic carbocycles. The number of para-hydroxylation sites is 1. The summed E-state index contributed by atoms with van der Waals surface area (Å²) in [6, 6.07) is 16.1. The van der Waals surface area contributed by atoms with Crippen LogP contribution in [0.5, 0.6) is 0 Å². The van der Waals surface area contributed by atoms with Crippen LogP contribution in [-0.4, -0.2) is 11.1 Å². The van der Waals surface area contributed by atoms with E-state index in [2.05, 4.69) is 5.32 Å². The molecule has 3 rings (SSSR count). The van der Waals surface area contributed by atoms with Crippen LogP contribution in [0.4, 0.5) is 11.4 Å². The molecule has 3 aromatic rings. The number of hydrogen-bond acceptors (Lipinski definition) is 4. The van der Waals surface area contributed by atoms with Gasteiger partial charge in [0.25, 0.3) is 0 Å². The zero-order valence-corrected chi connectivity index (χ0v) is 11.6. The van der Waals surface area contributed by atoms with Gasteiger partial charge in [-0.25, -0.2) is 4.79 Å². The quantitative estimate of drug-likeness (QED) is 0.723. The Balaban J connectivity index is 2.03. The molecule has 0 fully saturated rings. The normalized spacial score (nSPS) is 10.5. The van der Waals surface area contributed by atoms with Crippen LogP contribution in [-0.2, 0) is 11.2 Å². The van der Waals surface area contributed by atoms with E-state index in [-0.39, 0.29) is 6.42 Å². The minimum atomic E-state index is -0.988. The second-order valence-electron chi connectivity index (χ2n) is 4.86. The maximum Gasteiger partial charge on any atom is 0.336 e. The van der Waals surface area contributed by atoms with E-state index >= 15 is 0 Å². The molecule has 110 valence electrons. The minimum Gasteiger partial charge on any atom is -0.481 e. The molecule has 0 atom stereocenters. The lowest BCUT2D eigenvalue weighted by molar-refractivity contribution is -0.136. The summed E-state index contributed by atoms with van der Waals surface area (Å²) in [5, 5.41) is 12.7. The zero-order valence-electron chi connectivity index (χ0n) is 11.6. The number of anilines is 2. The number of rotatable bonds is 4. The molecule has 1 heterocycles. The van der Waals surface area contributed by atoms with Gasteiger partial charge < -0.3 is 14.8 Å². The van der Waals surface area contributed by atoms with Gasteiger partial charge in [-0.2, -0.15) is 0 Å². The first-order valence-corrected chi connectivity index (χ1v) is 6.72. The summed E-state index contributed by atoms with van der Waals surface area (Å²) >= 11 is 0. The highest BCUT2D eigenvalue weighted by atomic mass is 16.4. The molecule has 2 N–H and O–H groups in total. The Kier molecular flexibility index (Phi) is 3.62. The van der Waals surface area contributed by atoms with Crippen LogP contribution in [0.25, 0.3) is 11.0 Å². The predicted octanol–water partition coefficient (Wildman–Crippen LogP) is 3.16. The van der Waals surface area contributed by atoms with E-state index < -0.39 is 11.6 Å². The average Bonchev–Trinajstić information content (AvgIpc) is 2.47. The molecule has 0 amide bonds. The molecule has 5 nitrogen and oxygen atoms in total. The Morgan fingerprint density at radius 3 is 2.55 bits per heavy atom. The molecule has 0 saturated carbocycles. The summed E-state index contributed by atoms with van der Waals surface area (Å²) in [7, 11) is 0. The highest BCUT2D eigenvalue weighted by Gasteiger charge is 2.09. The lowest BCUT2D eigenvalue weighted by atomic mass is 10.1. The topological polar surface area (TPSA) is 79.5 Å². The predicted molar refractivity (Wildman–Crippen MR) is 83.5 cm³/mol. The molecule has 0 unspecified atom stereocenters.